The summed E-state index contributed by atoms with van der Waals surface area (Å²) in [6.07, 6.45) is 0.244. The van der Waals surface area contributed by atoms with Gasteiger partial charge in [0.05, 0.1) is 15.0 Å². The van der Waals surface area contributed by atoms with Crippen LogP contribution in [0.4, 0.5) is 10.1 Å². The Balaban J connectivity index is 3.50. The lowest BCUT2D eigenvalue weighted by Crippen LogP contribution is -1.98. The SMILES string of the molecule is O=Cc1ccc(Br)c(F)c1[N+](=O)[O-]. The van der Waals surface area contributed by atoms with Crippen molar-refractivity contribution in [3.8, 4) is 0 Å². The predicted molar refractivity (Wildman–Crippen MR) is 46.1 cm³/mol. The van der Waals surface area contributed by atoms with E-state index in [4.69, 9.17) is 0 Å². The van der Waals surface area contributed by atoms with Gasteiger partial charge in [-0.2, -0.15) is 4.39 Å². The van der Waals surface area contributed by atoms with Crippen LogP contribution >= 0.6 is 15.9 Å². The normalized spacial score (nSPS) is 9.69. The molecule has 0 radical (unpaired) electrons. The number of nitrogens with zero attached hydrogens (tertiary/aromatic N) is 1. The molecule has 1 rings (SSSR count). The first kappa shape index (κ1) is 9.79. The number of nitro benzene ring substituents is 1. The summed E-state index contributed by atoms with van der Waals surface area (Å²) >= 11 is 2.78. The van der Waals surface area contributed by atoms with Crippen molar-refractivity contribution < 1.29 is 14.1 Å². The molecule has 0 atom stereocenters. The van der Waals surface area contributed by atoms with Gasteiger partial charge < -0.3 is 0 Å². The molecule has 0 aliphatic rings. The van der Waals surface area contributed by atoms with Gasteiger partial charge in [0, 0.05) is 0 Å². The Kier molecular flexibility index (Phi) is 2.72. The highest BCUT2D eigenvalue weighted by Gasteiger charge is 2.21. The van der Waals surface area contributed by atoms with E-state index in [-0.39, 0.29) is 16.3 Å². The molecule has 0 heterocycles. The van der Waals surface area contributed by atoms with Crippen LogP contribution in [0, 0.1) is 15.9 Å². The molecule has 1 aromatic rings. The second-order valence-electron chi connectivity index (χ2n) is 2.17. The molecule has 0 amide bonds. The summed E-state index contributed by atoms with van der Waals surface area (Å²) in [7, 11) is 0. The molecule has 0 spiro atoms. The predicted octanol–water partition coefficient (Wildman–Crippen LogP) is 2.31. The molecule has 0 aromatic heterocycles. The molecule has 0 aliphatic heterocycles. The molecule has 68 valence electrons. The van der Waals surface area contributed by atoms with E-state index in [2.05, 4.69) is 15.9 Å². The van der Waals surface area contributed by atoms with Gasteiger partial charge in [-0.1, -0.05) is 0 Å². The van der Waals surface area contributed by atoms with Crippen LogP contribution in [0.15, 0.2) is 16.6 Å². The molecule has 0 saturated carbocycles. The molecule has 0 bridgehead atoms. The molecule has 0 N–H and O–H groups in total. The van der Waals surface area contributed by atoms with Gasteiger partial charge in [-0.3, -0.25) is 14.9 Å². The van der Waals surface area contributed by atoms with Crippen molar-refractivity contribution in [2.24, 2.45) is 0 Å². The zero-order valence-corrected chi connectivity index (χ0v) is 7.75. The zero-order chi connectivity index (χ0) is 10.0. The van der Waals surface area contributed by atoms with Crippen LogP contribution in [0.5, 0.6) is 0 Å². The maximum atomic E-state index is 13.1. The maximum absolute atomic E-state index is 13.1. The third kappa shape index (κ3) is 1.72. The molecule has 4 nitrogen and oxygen atoms in total. The van der Waals surface area contributed by atoms with Crippen LogP contribution in [0.1, 0.15) is 10.4 Å². The number of benzene rings is 1. The molecule has 0 saturated heterocycles. The van der Waals surface area contributed by atoms with Crippen LogP contribution in [0.2, 0.25) is 0 Å². The van der Waals surface area contributed by atoms with E-state index in [0.29, 0.717) is 0 Å². The van der Waals surface area contributed by atoms with Gasteiger partial charge in [0.15, 0.2) is 6.29 Å². The summed E-state index contributed by atoms with van der Waals surface area (Å²) in [4.78, 5) is 19.7. The number of rotatable bonds is 2. The average Bonchev–Trinajstić information content (AvgIpc) is 2.08. The van der Waals surface area contributed by atoms with Gasteiger partial charge in [-0.25, -0.2) is 0 Å². The van der Waals surface area contributed by atoms with Crippen LogP contribution in [-0.4, -0.2) is 11.2 Å². The van der Waals surface area contributed by atoms with E-state index in [0.717, 1.165) is 0 Å². The Morgan fingerprint density at radius 2 is 2.15 bits per heavy atom. The summed E-state index contributed by atoms with van der Waals surface area (Å²) in [6.45, 7) is 0. The Hall–Kier alpha value is -1.30. The Labute approximate surface area is 80.6 Å². The van der Waals surface area contributed by atoms with Crippen molar-refractivity contribution in [3.63, 3.8) is 0 Å². The average molecular weight is 248 g/mol. The molecular formula is C7H3BrFNO3. The molecule has 6 heteroatoms. The second kappa shape index (κ2) is 3.61. The van der Waals surface area contributed by atoms with Crippen LogP contribution in [-0.2, 0) is 0 Å². The number of aldehydes is 1. The quantitative estimate of drug-likeness (QED) is 0.458. The molecule has 0 aliphatic carbocycles. The fourth-order valence-electron chi connectivity index (χ4n) is 0.836. The van der Waals surface area contributed by atoms with Crippen LogP contribution in [0.25, 0.3) is 0 Å². The first-order valence-electron chi connectivity index (χ1n) is 3.15. The monoisotopic (exact) mass is 247 g/mol. The number of carbonyl (C=O) groups is 1. The van der Waals surface area contributed by atoms with Gasteiger partial charge in [-0.05, 0) is 28.1 Å². The number of nitro groups is 1. The lowest BCUT2D eigenvalue weighted by atomic mass is 10.2. The molecule has 0 unspecified atom stereocenters. The fraction of sp³-hybridized carbons (Fsp3) is 0. The van der Waals surface area contributed by atoms with E-state index in [9.17, 15) is 19.3 Å². The lowest BCUT2D eigenvalue weighted by Gasteiger charge is -1.98. The highest BCUT2D eigenvalue weighted by Crippen LogP contribution is 2.27. The largest absolute Gasteiger partial charge is 0.316 e. The Bertz CT molecular complexity index is 380. The van der Waals surface area contributed by atoms with Crippen LogP contribution < -0.4 is 0 Å². The molecule has 13 heavy (non-hydrogen) atoms. The summed E-state index contributed by atoms with van der Waals surface area (Å²) < 4.78 is 13.0. The fourth-order valence-corrected chi connectivity index (χ4v) is 1.16. The first-order chi connectivity index (χ1) is 6.07. The van der Waals surface area contributed by atoms with Crippen molar-refractivity contribution in [2.45, 2.75) is 0 Å². The summed E-state index contributed by atoms with van der Waals surface area (Å²) in [6, 6.07) is 2.42. The second-order valence-corrected chi connectivity index (χ2v) is 3.03. The van der Waals surface area contributed by atoms with Crippen molar-refractivity contribution in [3.05, 3.63) is 38.1 Å². The minimum Gasteiger partial charge on any atom is -0.298 e. The highest BCUT2D eigenvalue weighted by atomic mass is 79.9. The van der Waals surface area contributed by atoms with Crippen molar-refractivity contribution >= 4 is 27.9 Å². The van der Waals surface area contributed by atoms with Crippen molar-refractivity contribution in [1.82, 2.24) is 0 Å². The molecule has 0 fully saturated rings. The third-order valence-electron chi connectivity index (χ3n) is 1.41. The van der Waals surface area contributed by atoms with E-state index in [1.54, 1.807) is 0 Å². The number of halogens is 2. The number of hydrogen-bond donors (Lipinski definition) is 0. The number of hydrogen-bond acceptors (Lipinski definition) is 3. The van der Waals surface area contributed by atoms with Gasteiger partial charge in [0.25, 0.3) is 0 Å². The lowest BCUT2D eigenvalue weighted by molar-refractivity contribution is -0.387. The molecular weight excluding hydrogens is 245 g/mol. The van der Waals surface area contributed by atoms with E-state index >= 15 is 0 Å². The maximum Gasteiger partial charge on any atom is 0.316 e. The highest BCUT2D eigenvalue weighted by molar-refractivity contribution is 9.10. The standard InChI is InChI=1S/C7H3BrFNO3/c8-5-2-1-4(3-11)7(6(5)9)10(12)13/h1-3H. The van der Waals surface area contributed by atoms with Crippen molar-refractivity contribution in [1.29, 1.82) is 0 Å². The molecule has 1 aromatic carbocycles. The van der Waals surface area contributed by atoms with Crippen molar-refractivity contribution in [2.75, 3.05) is 0 Å². The first-order valence-corrected chi connectivity index (χ1v) is 3.94. The number of carbonyl (C=O) groups excluding carboxylic acids is 1. The van der Waals surface area contributed by atoms with Gasteiger partial charge >= 0.3 is 5.69 Å². The van der Waals surface area contributed by atoms with E-state index in [1.165, 1.54) is 12.1 Å². The Morgan fingerprint density at radius 3 is 2.62 bits per heavy atom. The topological polar surface area (TPSA) is 60.2 Å². The van der Waals surface area contributed by atoms with Gasteiger partial charge in [0.2, 0.25) is 5.82 Å². The minimum absolute atomic E-state index is 0.0372. The van der Waals surface area contributed by atoms with E-state index in [1.807, 2.05) is 0 Å². The van der Waals surface area contributed by atoms with E-state index < -0.39 is 16.4 Å². The summed E-state index contributed by atoms with van der Waals surface area (Å²) in [5.41, 5.74) is -1.07. The van der Waals surface area contributed by atoms with Gasteiger partial charge in [0.1, 0.15) is 0 Å². The van der Waals surface area contributed by atoms with Gasteiger partial charge in [-0.15, -0.1) is 0 Å². The smallest absolute Gasteiger partial charge is 0.298 e. The zero-order valence-electron chi connectivity index (χ0n) is 6.16. The third-order valence-corrected chi connectivity index (χ3v) is 2.02. The Morgan fingerprint density at radius 1 is 1.54 bits per heavy atom. The summed E-state index contributed by atoms with van der Waals surface area (Å²) in [5.74, 6) is -1.03. The minimum atomic E-state index is -1.03. The summed E-state index contributed by atoms with van der Waals surface area (Å²) in [5, 5.41) is 10.3. The van der Waals surface area contributed by atoms with Crippen LogP contribution in [0.3, 0.4) is 0 Å².